The van der Waals surface area contributed by atoms with Crippen LogP contribution in [0.15, 0.2) is 6.20 Å². The number of rotatable bonds is 1. The van der Waals surface area contributed by atoms with Gasteiger partial charge in [-0.3, -0.25) is 0 Å². The van der Waals surface area contributed by atoms with Crippen LogP contribution in [0.25, 0.3) is 0 Å². The lowest BCUT2D eigenvalue weighted by Crippen LogP contribution is -2.25. The van der Waals surface area contributed by atoms with E-state index in [0.717, 1.165) is 13.0 Å². The summed E-state index contributed by atoms with van der Waals surface area (Å²) in [5.74, 6) is 1.22. The minimum Gasteiger partial charge on any atom is -0.328 e. The van der Waals surface area contributed by atoms with Crippen molar-refractivity contribution in [1.29, 1.82) is 0 Å². The molecule has 3 nitrogen and oxygen atoms in total. The van der Waals surface area contributed by atoms with Gasteiger partial charge in [-0.1, -0.05) is 0 Å². The summed E-state index contributed by atoms with van der Waals surface area (Å²) in [5, 5.41) is 0. The molecule has 0 radical (unpaired) electrons. The average molecular weight is 165 g/mol. The van der Waals surface area contributed by atoms with E-state index in [1.165, 1.54) is 24.4 Å². The zero-order valence-electron chi connectivity index (χ0n) is 7.45. The maximum Gasteiger partial charge on any atom is 0.109 e. The molecule has 1 aromatic rings. The van der Waals surface area contributed by atoms with E-state index in [-0.39, 0.29) is 0 Å². The monoisotopic (exact) mass is 165 g/mol. The lowest BCUT2D eigenvalue weighted by molar-refractivity contribution is 0.398. The highest BCUT2D eigenvalue weighted by Crippen LogP contribution is 2.24. The Hall–Kier alpha value is -0.830. The van der Waals surface area contributed by atoms with Gasteiger partial charge in [0.15, 0.2) is 0 Å². The van der Waals surface area contributed by atoms with Crippen molar-refractivity contribution in [1.82, 2.24) is 9.55 Å². The third-order valence-corrected chi connectivity index (χ3v) is 2.63. The second-order valence-corrected chi connectivity index (χ2v) is 3.47. The molecule has 3 heteroatoms. The van der Waals surface area contributed by atoms with E-state index < -0.39 is 0 Å². The molecule has 0 amide bonds. The van der Waals surface area contributed by atoms with Gasteiger partial charge in [0.2, 0.25) is 0 Å². The average Bonchev–Trinajstić information content (AvgIpc) is 2.48. The van der Waals surface area contributed by atoms with Crippen LogP contribution >= 0.6 is 0 Å². The molecule has 2 N–H and O–H groups in total. The molecule has 2 heterocycles. The van der Waals surface area contributed by atoms with E-state index in [4.69, 9.17) is 5.73 Å². The van der Waals surface area contributed by atoms with Gasteiger partial charge in [0.25, 0.3) is 0 Å². The standard InChI is InChI=1S/C9H15N3/c1-7-6-11-9-4-2-3-8(5-10)12(7)9/h6,8H,2-5,10H2,1H3. The first-order valence-corrected chi connectivity index (χ1v) is 4.55. The lowest BCUT2D eigenvalue weighted by Gasteiger charge is -2.25. The Morgan fingerprint density at radius 1 is 1.75 bits per heavy atom. The summed E-state index contributed by atoms with van der Waals surface area (Å²) in [4.78, 5) is 4.36. The molecule has 0 saturated heterocycles. The highest BCUT2D eigenvalue weighted by atomic mass is 15.1. The summed E-state index contributed by atoms with van der Waals surface area (Å²) >= 11 is 0. The van der Waals surface area contributed by atoms with Gasteiger partial charge in [-0.05, 0) is 19.8 Å². The molecule has 1 aromatic heterocycles. The molecular formula is C9H15N3. The van der Waals surface area contributed by atoms with Crippen molar-refractivity contribution in [3.63, 3.8) is 0 Å². The topological polar surface area (TPSA) is 43.8 Å². The zero-order valence-corrected chi connectivity index (χ0v) is 7.45. The molecule has 12 heavy (non-hydrogen) atoms. The highest BCUT2D eigenvalue weighted by Gasteiger charge is 2.19. The van der Waals surface area contributed by atoms with E-state index in [2.05, 4.69) is 16.5 Å². The Bertz CT molecular complexity index is 277. The minimum atomic E-state index is 0.497. The molecule has 1 aliphatic rings. The quantitative estimate of drug-likeness (QED) is 0.675. The fourth-order valence-electron chi connectivity index (χ4n) is 2.03. The molecular weight excluding hydrogens is 150 g/mol. The Kier molecular flexibility index (Phi) is 1.89. The number of aryl methyl sites for hydroxylation is 2. The number of fused-ring (bicyclic) bond motifs is 1. The van der Waals surface area contributed by atoms with Crippen LogP contribution in [0.2, 0.25) is 0 Å². The number of hydrogen-bond acceptors (Lipinski definition) is 2. The molecule has 0 fully saturated rings. The van der Waals surface area contributed by atoms with Gasteiger partial charge in [0.1, 0.15) is 5.82 Å². The molecule has 66 valence electrons. The Morgan fingerprint density at radius 3 is 3.33 bits per heavy atom. The summed E-state index contributed by atoms with van der Waals surface area (Å²) in [6.07, 6.45) is 5.51. The molecule has 2 rings (SSSR count). The third-order valence-electron chi connectivity index (χ3n) is 2.63. The van der Waals surface area contributed by atoms with Crippen LogP contribution in [-0.4, -0.2) is 16.1 Å². The molecule has 0 saturated carbocycles. The van der Waals surface area contributed by atoms with Gasteiger partial charge in [0, 0.05) is 30.9 Å². The summed E-state index contributed by atoms with van der Waals surface area (Å²) in [5.41, 5.74) is 6.95. The van der Waals surface area contributed by atoms with Crippen molar-refractivity contribution in [3.05, 3.63) is 17.7 Å². The second kappa shape index (κ2) is 2.90. The van der Waals surface area contributed by atoms with Crippen molar-refractivity contribution >= 4 is 0 Å². The van der Waals surface area contributed by atoms with Crippen molar-refractivity contribution in [2.24, 2.45) is 5.73 Å². The van der Waals surface area contributed by atoms with Crippen molar-refractivity contribution in [2.75, 3.05) is 6.54 Å². The SMILES string of the molecule is Cc1cnc2n1C(CN)CCC2. The van der Waals surface area contributed by atoms with E-state index in [0.29, 0.717) is 6.04 Å². The van der Waals surface area contributed by atoms with Crippen LogP contribution in [0.5, 0.6) is 0 Å². The predicted octanol–water partition coefficient (Wildman–Crippen LogP) is 1.03. The van der Waals surface area contributed by atoms with Gasteiger partial charge in [-0.2, -0.15) is 0 Å². The second-order valence-electron chi connectivity index (χ2n) is 3.47. The molecule has 0 spiro atoms. The molecule has 0 bridgehead atoms. The number of aromatic nitrogens is 2. The van der Waals surface area contributed by atoms with Crippen LogP contribution in [0.1, 0.15) is 30.4 Å². The fourth-order valence-corrected chi connectivity index (χ4v) is 2.03. The van der Waals surface area contributed by atoms with Crippen LogP contribution < -0.4 is 5.73 Å². The summed E-state index contributed by atoms with van der Waals surface area (Å²) in [6.45, 7) is 2.84. The summed E-state index contributed by atoms with van der Waals surface area (Å²) in [7, 11) is 0. The van der Waals surface area contributed by atoms with Crippen LogP contribution in [-0.2, 0) is 6.42 Å². The van der Waals surface area contributed by atoms with Crippen LogP contribution in [0.4, 0.5) is 0 Å². The third kappa shape index (κ3) is 1.05. The first-order valence-electron chi connectivity index (χ1n) is 4.55. The molecule has 1 aliphatic heterocycles. The van der Waals surface area contributed by atoms with Crippen molar-refractivity contribution in [3.8, 4) is 0 Å². The first-order chi connectivity index (χ1) is 5.83. The molecule has 0 aliphatic carbocycles. The van der Waals surface area contributed by atoms with E-state index in [9.17, 15) is 0 Å². The van der Waals surface area contributed by atoms with Gasteiger partial charge in [-0.25, -0.2) is 4.98 Å². The van der Waals surface area contributed by atoms with Crippen LogP contribution in [0.3, 0.4) is 0 Å². The van der Waals surface area contributed by atoms with E-state index in [1.54, 1.807) is 0 Å². The molecule has 1 atom stereocenters. The predicted molar refractivity (Wildman–Crippen MR) is 48.0 cm³/mol. The minimum absolute atomic E-state index is 0.497. The maximum absolute atomic E-state index is 5.70. The number of imidazole rings is 1. The maximum atomic E-state index is 5.70. The highest BCUT2D eigenvalue weighted by molar-refractivity contribution is 5.08. The first kappa shape index (κ1) is 7.80. The number of nitrogens with zero attached hydrogens (tertiary/aromatic N) is 2. The van der Waals surface area contributed by atoms with E-state index in [1.807, 2.05) is 6.20 Å². The van der Waals surface area contributed by atoms with Gasteiger partial charge in [-0.15, -0.1) is 0 Å². The van der Waals surface area contributed by atoms with Crippen molar-refractivity contribution < 1.29 is 0 Å². The normalized spacial score (nSPS) is 22.3. The lowest BCUT2D eigenvalue weighted by atomic mass is 10.0. The Labute approximate surface area is 72.6 Å². The molecule has 1 unspecified atom stereocenters. The van der Waals surface area contributed by atoms with Gasteiger partial charge >= 0.3 is 0 Å². The Morgan fingerprint density at radius 2 is 2.58 bits per heavy atom. The van der Waals surface area contributed by atoms with Crippen LogP contribution in [0, 0.1) is 6.92 Å². The summed E-state index contributed by atoms with van der Waals surface area (Å²) < 4.78 is 2.30. The van der Waals surface area contributed by atoms with Gasteiger partial charge in [0.05, 0.1) is 0 Å². The fraction of sp³-hybridized carbons (Fsp3) is 0.667. The summed E-state index contributed by atoms with van der Waals surface area (Å²) in [6, 6.07) is 0.497. The van der Waals surface area contributed by atoms with Crippen molar-refractivity contribution in [2.45, 2.75) is 32.2 Å². The Balaban J connectivity index is 2.41. The van der Waals surface area contributed by atoms with Gasteiger partial charge < -0.3 is 10.3 Å². The zero-order chi connectivity index (χ0) is 8.55. The number of nitrogens with two attached hydrogens (primary N) is 1. The number of hydrogen-bond donors (Lipinski definition) is 1. The smallest absolute Gasteiger partial charge is 0.109 e. The van der Waals surface area contributed by atoms with E-state index >= 15 is 0 Å². The molecule has 0 aromatic carbocycles. The largest absolute Gasteiger partial charge is 0.328 e.